The first-order chi connectivity index (χ1) is 15.2. The summed E-state index contributed by atoms with van der Waals surface area (Å²) in [6.07, 6.45) is -4.94. The van der Waals surface area contributed by atoms with Crippen LogP contribution in [0.1, 0.15) is 23.0 Å². The first-order valence-electron chi connectivity index (χ1n) is 9.54. The second kappa shape index (κ2) is 8.62. The third-order valence-electron chi connectivity index (χ3n) is 4.98. The molecule has 32 heavy (non-hydrogen) atoms. The molecule has 4 rings (SSSR count). The van der Waals surface area contributed by atoms with Crippen molar-refractivity contribution in [2.24, 2.45) is 0 Å². The number of nitrogens with zero attached hydrogens (tertiary/aromatic N) is 2. The van der Waals surface area contributed by atoms with Gasteiger partial charge >= 0.3 is 11.6 Å². The van der Waals surface area contributed by atoms with Crippen LogP contribution >= 0.6 is 11.6 Å². The Bertz CT molecular complexity index is 1100. The number of hydrogen-bond acceptors (Lipinski definition) is 8. The number of ether oxygens (including phenoxy) is 3. The van der Waals surface area contributed by atoms with Crippen molar-refractivity contribution in [1.82, 2.24) is 9.55 Å². The fraction of sp³-hybridized carbons (Fsp3) is 0.421. The molecule has 13 heteroatoms. The normalized spacial score (nSPS) is 23.7. The Hall–Kier alpha value is -2.80. The average Bonchev–Trinajstić information content (AvgIpc) is 2.98. The minimum atomic E-state index is -3.79. The molecule has 2 aliphatic rings. The van der Waals surface area contributed by atoms with Crippen LogP contribution in [0.4, 0.5) is 14.6 Å². The van der Waals surface area contributed by atoms with E-state index in [-0.39, 0.29) is 35.2 Å². The average molecular weight is 474 g/mol. The van der Waals surface area contributed by atoms with Crippen LogP contribution in [0.5, 0.6) is 11.5 Å². The first kappa shape index (κ1) is 22.4. The van der Waals surface area contributed by atoms with E-state index in [9.17, 15) is 23.5 Å². The molecule has 10 nitrogen and oxygen atoms in total. The topological polar surface area (TPSA) is 132 Å². The highest BCUT2D eigenvalue weighted by atomic mass is 35.5. The van der Waals surface area contributed by atoms with Gasteiger partial charge in [0.1, 0.15) is 25.1 Å². The molecule has 1 saturated heterocycles. The van der Waals surface area contributed by atoms with E-state index in [1.165, 1.54) is 12.1 Å². The zero-order valence-electron chi connectivity index (χ0n) is 16.3. The van der Waals surface area contributed by atoms with E-state index < -0.39 is 42.6 Å². The summed E-state index contributed by atoms with van der Waals surface area (Å²) in [5.41, 5.74) is -1.03. The van der Waals surface area contributed by atoms with Crippen molar-refractivity contribution in [2.45, 2.75) is 30.8 Å². The largest absolute Gasteiger partial charge is 0.486 e. The van der Waals surface area contributed by atoms with Crippen molar-refractivity contribution in [3.63, 3.8) is 0 Å². The van der Waals surface area contributed by atoms with E-state index in [0.29, 0.717) is 16.9 Å². The van der Waals surface area contributed by atoms with Crippen LogP contribution in [0, 0.1) is 0 Å². The molecule has 2 aromatic rings. The third-order valence-corrected chi connectivity index (χ3v) is 5.26. The third kappa shape index (κ3) is 4.01. The van der Waals surface area contributed by atoms with Crippen LogP contribution in [0.15, 0.2) is 29.2 Å². The van der Waals surface area contributed by atoms with Gasteiger partial charge in [0.15, 0.2) is 11.5 Å². The van der Waals surface area contributed by atoms with Crippen LogP contribution in [0.25, 0.3) is 0 Å². The van der Waals surface area contributed by atoms with Gasteiger partial charge in [0.05, 0.1) is 11.1 Å². The van der Waals surface area contributed by atoms with Gasteiger partial charge in [-0.25, -0.2) is 4.79 Å². The summed E-state index contributed by atoms with van der Waals surface area (Å²) in [7, 11) is 0. The SMILES string of the molecule is O=C(Nc1ccn(C2O[C@H](CCO)[C@@H](O)C2(F)F)c(=O)n1)c1cc(Cl)c2c(c1)OCCO2. The molecule has 0 radical (unpaired) electrons. The highest BCUT2D eigenvalue weighted by Gasteiger charge is 2.59. The number of rotatable bonds is 5. The summed E-state index contributed by atoms with van der Waals surface area (Å²) in [6, 6.07) is 3.89. The number of anilines is 1. The van der Waals surface area contributed by atoms with Crippen molar-refractivity contribution in [2.75, 3.05) is 25.1 Å². The maximum absolute atomic E-state index is 14.4. The second-order valence-corrected chi connectivity index (χ2v) is 7.50. The van der Waals surface area contributed by atoms with Crippen LogP contribution < -0.4 is 20.5 Å². The van der Waals surface area contributed by atoms with E-state index >= 15 is 0 Å². The van der Waals surface area contributed by atoms with Gasteiger partial charge in [0.2, 0.25) is 6.23 Å². The minimum absolute atomic E-state index is 0.103. The molecule has 1 aromatic heterocycles. The summed E-state index contributed by atoms with van der Waals surface area (Å²) in [5, 5.41) is 21.3. The van der Waals surface area contributed by atoms with E-state index in [1.54, 1.807) is 0 Å². The second-order valence-electron chi connectivity index (χ2n) is 7.10. The number of hydrogen-bond donors (Lipinski definition) is 3. The standard InChI is InChI=1S/C19H18ClF2N3O7/c20-10-7-9(8-12-14(10)31-6-5-30-12)16(28)23-13-1-3-25(18(29)24-13)17-19(21,22)15(27)11(32-17)2-4-26/h1,3,7-8,11,15,17,26-27H,2,4-6H2,(H,23,24,28,29)/t11-,15-,17?/m1/s1. The zero-order chi connectivity index (χ0) is 23.0. The summed E-state index contributed by atoms with van der Waals surface area (Å²) in [5.74, 6) is -4.06. The number of aliphatic hydroxyl groups is 2. The molecular weight excluding hydrogens is 456 g/mol. The molecule has 0 aliphatic carbocycles. The monoisotopic (exact) mass is 473 g/mol. The van der Waals surface area contributed by atoms with Crippen LogP contribution in [0.3, 0.4) is 0 Å². The highest BCUT2D eigenvalue weighted by Crippen LogP contribution is 2.43. The maximum Gasteiger partial charge on any atom is 0.351 e. The molecule has 172 valence electrons. The van der Waals surface area contributed by atoms with E-state index in [4.69, 9.17) is 30.9 Å². The first-order valence-corrected chi connectivity index (χ1v) is 9.92. The van der Waals surface area contributed by atoms with E-state index in [1.807, 2.05) is 0 Å². The highest BCUT2D eigenvalue weighted by molar-refractivity contribution is 6.32. The molecule has 3 heterocycles. The number of benzene rings is 1. The molecule has 1 aromatic carbocycles. The molecular formula is C19H18ClF2N3O7. The van der Waals surface area contributed by atoms with E-state index in [0.717, 1.165) is 12.3 Å². The summed E-state index contributed by atoms with van der Waals surface area (Å²) in [6.45, 7) is 0.127. The van der Waals surface area contributed by atoms with Gasteiger partial charge in [-0.2, -0.15) is 13.8 Å². The fourth-order valence-electron chi connectivity index (χ4n) is 3.42. The predicted molar refractivity (Wildman–Crippen MR) is 105 cm³/mol. The molecule has 3 atom stereocenters. The number of carbonyl (C=O) groups is 1. The maximum atomic E-state index is 14.4. The molecule has 1 amide bonds. The Labute approximate surface area is 184 Å². The predicted octanol–water partition coefficient (Wildman–Crippen LogP) is 1.20. The van der Waals surface area contributed by atoms with Crippen molar-refractivity contribution < 1.29 is 38.0 Å². The lowest BCUT2D eigenvalue weighted by molar-refractivity contribution is -0.140. The van der Waals surface area contributed by atoms with Gasteiger partial charge < -0.3 is 29.7 Å². The van der Waals surface area contributed by atoms with Crippen LogP contribution in [-0.4, -0.2) is 63.6 Å². The Balaban J connectivity index is 1.54. The van der Waals surface area contributed by atoms with Gasteiger partial charge in [0, 0.05) is 18.4 Å². The van der Waals surface area contributed by atoms with Gasteiger partial charge in [-0.3, -0.25) is 9.36 Å². The molecule has 1 fully saturated rings. The van der Waals surface area contributed by atoms with Crippen molar-refractivity contribution >= 4 is 23.3 Å². The lowest BCUT2D eigenvalue weighted by Gasteiger charge is -2.21. The number of nitrogens with one attached hydrogen (secondary N) is 1. The van der Waals surface area contributed by atoms with Gasteiger partial charge in [0.25, 0.3) is 5.91 Å². The number of fused-ring (bicyclic) bond motifs is 1. The number of carbonyl (C=O) groups excluding carboxylic acids is 1. The Morgan fingerprint density at radius 1 is 1.34 bits per heavy atom. The summed E-state index contributed by atoms with van der Waals surface area (Å²) < 4.78 is 45.2. The smallest absolute Gasteiger partial charge is 0.351 e. The lowest BCUT2D eigenvalue weighted by Crippen LogP contribution is -2.41. The van der Waals surface area contributed by atoms with Gasteiger partial charge in [-0.1, -0.05) is 11.6 Å². The molecule has 1 unspecified atom stereocenters. The van der Waals surface area contributed by atoms with Crippen molar-refractivity contribution in [1.29, 1.82) is 0 Å². The molecule has 0 saturated carbocycles. The summed E-state index contributed by atoms with van der Waals surface area (Å²) >= 11 is 6.11. The molecule has 2 aliphatic heterocycles. The molecule has 0 spiro atoms. The van der Waals surface area contributed by atoms with E-state index in [2.05, 4.69) is 10.3 Å². The van der Waals surface area contributed by atoms with Crippen LogP contribution in [0.2, 0.25) is 5.02 Å². The number of alkyl halides is 2. The molecule has 0 bridgehead atoms. The minimum Gasteiger partial charge on any atom is -0.486 e. The Morgan fingerprint density at radius 2 is 2.09 bits per heavy atom. The van der Waals surface area contributed by atoms with Crippen molar-refractivity contribution in [3.8, 4) is 11.5 Å². The number of amides is 1. The lowest BCUT2D eigenvalue weighted by atomic mass is 10.1. The zero-order valence-corrected chi connectivity index (χ0v) is 17.1. The number of aliphatic hydroxyl groups excluding tert-OH is 2. The fourth-order valence-corrected chi connectivity index (χ4v) is 3.69. The van der Waals surface area contributed by atoms with Gasteiger partial charge in [-0.15, -0.1) is 0 Å². The summed E-state index contributed by atoms with van der Waals surface area (Å²) in [4.78, 5) is 28.5. The quantitative estimate of drug-likeness (QED) is 0.590. The Morgan fingerprint density at radius 3 is 2.81 bits per heavy atom. The number of aromatic nitrogens is 2. The molecule has 3 N–H and O–H groups in total. The van der Waals surface area contributed by atoms with Crippen molar-refractivity contribution in [3.05, 3.63) is 45.5 Å². The number of halogens is 3. The van der Waals surface area contributed by atoms with Gasteiger partial charge in [-0.05, 0) is 24.6 Å². The van der Waals surface area contributed by atoms with Crippen LogP contribution in [-0.2, 0) is 4.74 Å². The Kier molecular flexibility index (Phi) is 6.03.